The van der Waals surface area contributed by atoms with Crippen LogP contribution in [0.1, 0.15) is 277 Å². The van der Waals surface area contributed by atoms with E-state index in [0.29, 0.717) is 17.4 Å². The molecule has 3 atom stereocenters. The molecule has 0 spiro atoms. The van der Waals surface area contributed by atoms with Crippen molar-refractivity contribution < 1.29 is 32.9 Å². The van der Waals surface area contributed by atoms with E-state index in [1.54, 1.807) is 6.08 Å². The Morgan fingerprint density at radius 1 is 0.523 bits per heavy atom. The maximum atomic E-state index is 12.9. The number of phosphoric acid groups is 1. The van der Waals surface area contributed by atoms with Gasteiger partial charge < -0.3 is 28.8 Å². The molecule has 1 amide bonds. The van der Waals surface area contributed by atoms with Crippen LogP contribution in [-0.4, -0.2) is 68.5 Å². The number of carbonyl (C=O) groups excluding carboxylic acids is 1. The molecule has 9 heteroatoms. The van der Waals surface area contributed by atoms with Gasteiger partial charge in [0.1, 0.15) is 13.2 Å². The van der Waals surface area contributed by atoms with Gasteiger partial charge in [-0.1, -0.05) is 263 Å². The van der Waals surface area contributed by atoms with Gasteiger partial charge in [-0.2, -0.15) is 0 Å². The second-order valence-electron chi connectivity index (χ2n) is 20.6. The fourth-order valence-corrected chi connectivity index (χ4v) is 9.19. The van der Waals surface area contributed by atoms with Gasteiger partial charge in [-0.3, -0.25) is 9.36 Å². The van der Waals surface area contributed by atoms with Crippen molar-refractivity contribution >= 4 is 13.7 Å². The van der Waals surface area contributed by atoms with Crippen molar-refractivity contribution in [3.05, 3.63) is 24.3 Å². The van der Waals surface area contributed by atoms with Crippen molar-refractivity contribution in [2.24, 2.45) is 0 Å². The second kappa shape index (κ2) is 48.0. The van der Waals surface area contributed by atoms with Gasteiger partial charge in [0, 0.05) is 6.42 Å². The highest BCUT2D eigenvalue weighted by Crippen LogP contribution is 2.38. The first-order valence-corrected chi connectivity index (χ1v) is 29.7. The Morgan fingerprint density at radius 3 is 1.25 bits per heavy atom. The van der Waals surface area contributed by atoms with Gasteiger partial charge in [-0.25, -0.2) is 0 Å². The molecule has 0 bridgehead atoms. The van der Waals surface area contributed by atoms with Gasteiger partial charge in [0.25, 0.3) is 7.82 Å². The Bertz CT molecular complexity index is 1110. The monoisotopic (exact) mass is 939 g/mol. The molecule has 0 radical (unpaired) electrons. The van der Waals surface area contributed by atoms with E-state index < -0.39 is 20.0 Å². The van der Waals surface area contributed by atoms with Crippen molar-refractivity contribution in [3.8, 4) is 0 Å². The standard InChI is InChI=1S/C56H111N2O6P/c1-6-8-10-12-14-16-18-20-21-22-23-24-25-26-27-28-29-30-31-32-33-34-35-36-37-38-40-42-44-46-48-50-56(60)57-54(53-64-65(61,62)63-52-51-58(3,4)5)55(59)49-47-45-43-41-39-19-17-15-13-11-9-7-2/h39,41,47,49,54-55,59H,6-38,40,42-46,48,50-53H2,1-5H3,(H-,57,60,61,62)/b41-39+,49-47+. The SMILES string of the molecule is CCCCCCCC/C=C/CC/C=C/C(O)C(COP(=O)([O-])OCC[N+](C)(C)C)NC(=O)CCCCCCCCCCCCCCCCCCCCCCCCCCCCCCCCC. The third kappa shape index (κ3) is 50.7. The number of rotatable bonds is 52. The van der Waals surface area contributed by atoms with Crippen LogP contribution >= 0.6 is 7.82 Å². The number of likely N-dealkylation sites (N-methyl/N-ethyl adjacent to an activating group) is 1. The number of hydrogen-bond donors (Lipinski definition) is 2. The molecule has 0 fully saturated rings. The third-order valence-corrected chi connectivity index (χ3v) is 13.9. The maximum absolute atomic E-state index is 12.9. The van der Waals surface area contributed by atoms with Gasteiger partial charge in [0.05, 0.1) is 39.9 Å². The summed E-state index contributed by atoms with van der Waals surface area (Å²) in [5.41, 5.74) is 0. The van der Waals surface area contributed by atoms with Crippen LogP contribution < -0.4 is 10.2 Å². The highest BCUT2D eigenvalue weighted by atomic mass is 31.2. The number of unbranched alkanes of at least 4 members (excludes halogenated alkanes) is 37. The average molecular weight is 939 g/mol. The molecule has 0 aliphatic carbocycles. The molecular weight excluding hydrogens is 828 g/mol. The Morgan fingerprint density at radius 2 is 0.862 bits per heavy atom. The van der Waals surface area contributed by atoms with Crippen LogP contribution in [-0.2, 0) is 18.4 Å². The first-order chi connectivity index (χ1) is 31.5. The van der Waals surface area contributed by atoms with E-state index in [-0.39, 0.29) is 19.1 Å². The molecule has 65 heavy (non-hydrogen) atoms. The van der Waals surface area contributed by atoms with Crippen LogP contribution in [0.3, 0.4) is 0 Å². The van der Waals surface area contributed by atoms with Crippen LogP contribution in [0.5, 0.6) is 0 Å². The summed E-state index contributed by atoms with van der Waals surface area (Å²) in [6.07, 6.45) is 59.9. The normalized spacial score (nSPS) is 14.1. The van der Waals surface area contributed by atoms with Gasteiger partial charge >= 0.3 is 0 Å². The third-order valence-electron chi connectivity index (χ3n) is 12.9. The number of nitrogens with zero attached hydrogens (tertiary/aromatic N) is 1. The van der Waals surface area contributed by atoms with E-state index in [2.05, 4.69) is 31.3 Å². The first-order valence-electron chi connectivity index (χ1n) is 28.2. The molecule has 0 aromatic heterocycles. The molecule has 3 unspecified atom stereocenters. The number of nitrogens with one attached hydrogen (secondary N) is 1. The lowest BCUT2D eigenvalue weighted by atomic mass is 10.0. The van der Waals surface area contributed by atoms with Crippen molar-refractivity contribution in [1.29, 1.82) is 0 Å². The number of phosphoric ester groups is 1. The van der Waals surface area contributed by atoms with E-state index >= 15 is 0 Å². The Labute approximate surface area is 404 Å². The Hall–Kier alpha value is -1.02. The molecule has 0 aliphatic rings. The van der Waals surface area contributed by atoms with Gasteiger partial charge in [0.2, 0.25) is 5.91 Å². The van der Waals surface area contributed by atoms with Crippen LogP contribution in [0.25, 0.3) is 0 Å². The minimum atomic E-state index is -4.59. The smallest absolute Gasteiger partial charge is 0.268 e. The molecule has 8 nitrogen and oxygen atoms in total. The van der Waals surface area contributed by atoms with Crippen molar-refractivity contribution in [1.82, 2.24) is 5.32 Å². The summed E-state index contributed by atoms with van der Waals surface area (Å²) in [4.78, 5) is 25.4. The molecule has 0 rings (SSSR count). The minimum Gasteiger partial charge on any atom is -0.756 e. The topological polar surface area (TPSA) is 108 Å². The lowest BCUT2D eigenvalue weighted by Gasteiger charge is -2.29. The number of aliphatic hydroxyl groups excluding tert-OH is 1. The molecule has 0 aromatic rings. The summed E-state index contributed by atoms with van der Waals surface area (Å²) in [6.45, 7) is 4.64. The van der Waals surface area contributed by atoms with Gasteiger partial charge in [0.15, 0.2) is 0 Å². The zero-order valence-corrected chi connectivity index (χ0v) is 44.9. The quantitative estimate of drug-likeness (QED) is 0.0272. The number of amides is 1. The van der Waals surface area contributed by atoms with Crippen molar-refractivity contribution in [2.75, 3.05) is 40.9 Å². The van der Waals surface area contributed by atoms with Gasteiger partial charge in [-0.05, 0) is 32.1 Å². The van der Waals surface area contributed by atoms with Crippen LogP contribution in [0, 0.1) is 0 Å². The Kier molecular flexibility index (Phi) is 47.3. The number of carbonyl (C=O) groups is 1. The molecule has 2 N–H and O–H groups in total. The van der Waals surface area contributed by atoms with E-state index in [4.69, 9.17) is 9.05 Å². The average Bonchev–Trinajstić information content (AvgIpc) is 3.26. The Balaban J connectivity index is 4.00. The minimum absolute atomic E-state index is 0.00413. The summed E-state index contributed by atoms with van der Waals surface area (Å²) in [5.74, 6) is -0.203. The fourth-order valence-electron chi connectivity index (χ4n) is 8.47. The number of aliphatic hydroxyl groups is 1. The van der Waals surface area contributed by atoms with Crippen LogP contribution in [0.2, 0.25) is 0 Å². The van der Waals surface area contributed by atoms with E-state index in [9.17, 15) is 19.4 Å². The molecule has 0 aromatic carbocycles. The lowest BCUT2D eigenvalue weighted by Crippen LogP contribution is -2.45. The molecular formula is C56H111N2O6P. The first kappa shape index (κ1) is 64.0. The molecule has 0 saturated heterocycles. The van der Waals surface area contributed by atoms with E-state index in [1.807, 2.05) is 27.2 Å². The maximum Gasteiger partial charge on any atom is 0.268 e. The second-order valence-corrected chi connectivity index (χ2v) is 22.1. The lowest BCUT2D eigenvalue weighted by molar-refractivity contribution is -0.870. The van der Waals surface area contributed by atoms with E-state index in [0.717, 1.165) is 38.5 Å². The van der Waals surface area contributed by atoms with Crippen LogP contribution in [0.4, 0.5) is 0 Å². The largest absolute Gasteiger partial charge is 0.756 e. The number of allylic oxidation sites excluding steroid dienone is 3. The highest BCUT2D eigenvalue weighted by molar-refractivity contribution is 7.45. The van der Waals surface area contributed by atoms with Gasteiger partial charge in [-0.15, -0.1) is 0 Å². The molecule has 0 saturated carbocycles. The van der Waals surface area contributed by atoms with E-state index in [1.165, 1.54) is 218 Å². The zero-order valence-electron chi connectivity index (χ0n) is 44.0. The molecule has 0 aliphatic heterocycles. The van der Waals surface area contributed by atoms with Crippen molar-refractivity contribution in [2.45, 2.75) is 289 Å². The summed E-state index contributed by atoms with van der Waals surface area (Å²) in [7, 11) is 1.25. The van der Waals surface area contributed by atoms with Crippen molar-refractivity contribution in [3.63, 3.8) is 0 Å². The summed E-state index contributed by atoms with van der Waals surface area (Å²) < 4.78 is 23.2. The predicted octanol–water partition coefficient (Wildman–Crippen LogP) is 16.2. The number of hydrogen-bond acceptors (Lipinski definition) is 6. The zero-order chi connectivity index (χ0) is 47.8. The fraction of sp³-hybridized carbons (Fsp3) is 0.911. The summed E-state index contributed by atoms with van der Waals surface area (Å²) in [5, 5.41) is 13.8. The predicted molar refractivity (Wildman–Crippen MR) is 279 cm³/mol. The molecule has 0 heterocycles. The summed E-state index contributed by atoms with van der Waals surface area (Å²) >= 11 is 0. The number of quaternary nitrogens is 1. The van der Waals surface area contributed by atoms with Crippen LogP contribution in [0.15, 0.2) is 24.3 Å². The molecule has 386 valence electrons. The highest BCUT2D eigenvalue weighted by Gasteiger charge is 2.23. The summed E-state index contributed by atoms with van der Waals surface area (Å²) in [6, 6.07) is -0.898.